The van der Waals surface area contributed by atoms with Gasteiger partial charge in [0.2, 0.25) is 0 Å². The first kappa shape index (κ1) is 16.8. The standard InChI is InChI=1S/C17H20BrN3O3/c1-2-24-17(23)21-7-5-12(6-8-21)19-10-14-13-9-11(18)3-4-15(13)20-16(14)22/h3-4,9-10,12,20,22H,2,5-8H2,1H3. The number of fused-ring (bicyclic) bond motifs is 1. The van der Waals surface area contributed by atoms with Gasteiger partial charge in [-0.1, -0.05) is 15.9 Å². The van der Waals surface area contributed by atoms with E-state index in [1.165, 1.54) is 0 Å². The van der Waals surface area contributed by atoms with Crippen molar-refractivity contribution in [1.29, 1.82) is 0 Å². The summed E-state index contributed by atoms with van der Waals surface area (Å²) in [6.45, 7) is 3.49. The van der Waals surface area contributed by atoms with Gasteiger partial charge in [-0.15, -0.1) is 0 Å². The predicted octanol–water partition coefficient (Wildman–Crippen LogP) is 3.68. The number of aromatic amines is 1. The van der Waals surface area contributed by atoms with Crippen molar-refractivity contribution in [3.05, 3.63) is 28.2 Å². The summed E-state index contributed by atoms with van der Waals surface area (Å²) < 4.78 is 5.97. The molecule has 0 aliphatic carbocycles. The van der Waals surface area contributed by atoms with Crippen LogP contribution in [0.5, 0.6) is 5.88 Å². The zero-order chi connectivity index (χ0) is 17.1. The number of hydrogen-bond acceptors (Lipinski definition) is 4. The van der Waals surface area contributed by atoms with Crippen LogP contribution >= 0.6 is 15.9 Å². The van der Waals surface area contributed by atoms with Crippen LogP contribution in [0, 0.1) is 0 Å². The molecule has 0 saturated carbocycles. The van der Waals surface area contributed by atoms with Crippen LogP contribution in [0.15, 0.2) is 27.7 Å². The Bertz CT molecular complexity index is 764. The molecule has 128 valence electrons. The van der Waals surface area contributed by atoms with Crippen molar-refractivity contribution in [1.82, 2.24) is 9.88 Å². The van der Waals surface area contributed by atoms with Gasteiger partial charge in [0, 0.05) is 34.7 Å². The number of carbonyl (C=O) groups excluding carboxylic acids is 1. The number of H-pyrrole nitrogens is 1. The monoisotopic (exact) mass is 393 g/mol. The second-order valence-corrected chi connectivity index (χ2v) is 6.69. The van der Waals surface area contributed by atoms with Crippen LogP contribution in [0.4, 0.5) is 4.79 Å². The van der Waals surface area contributed by atoms with E-state index in [0.717, 1.165) is 28.2 Å². The average Bonchev–Trinajstić information content (AvgIpc) is 2.88. The summed E-state index contributed by atoms with van der Waals surface area (Å²) in [4.78, 5) is 21.0. The van der Waals surface area contributed by atoms with Gasteiger partial charge in [0.1, 0.15) is 0 Å². The molecule has 1 saturated heterocycles. The number of piperidine rings is 1. The summed E-state index contributed by atoms with van der Waals surface area (Å²) >= 11 is 3.45. The molecule has 3 rings (SSSR count). The van der Waals surface area contributed by atoms with Crippen molar-refractivity contribution >= 4 is 39.1 Å². The fourth-order valence-electron chi connectivity index (χ4n) is 2.89. The quantitative estimate of drug-likeness (QED) is 0.780. The van der Waals surface area contributed by atoms with E-state index in [9.17, 15) is 9.90 Å². The normalized spacial score (nSPS) is 16.2. The van der Waals surface area contributed by atoms with E-state index in [0.29, 0.717) is 25.3 Å². The Kier molecular flexibility index (Phi) is 5.08. The van der Waals surface area contributed by atoms with Crippen LogP contribution in [-0.4, -0.2) is 53.0 Å². The molecule has 1 aromatic carbocycles. The highest BCUT2D eigenvalue weighted by molar-refractivity contribution is 9.10. The molecular weight excluding hydrogens is 374 g/mol. The number of nitrogens with one attached hydrogen (secondary N) is 1. The maximum absolute atomic E-state index is 11.7. The van der Waals surface area contributed by atoms with Crippen LogP contribution in [-0.2, 0) is 4.74 Å². The number of halogens is 1. The molecule has 0 bridgehead atoms. The molecule has 0 unspecified atom stereocenters. The van der Waals surface area contributed by atoms with E-state index in [4.69, 9.17) is 4.74 Å². The molecule has 6 nitrogen and oxygen atoms in total. The maximum Gasteiger partial charge on any atom is 0.409 e. The lowest BCUT2D eigenvalue weighted by atomic mass is 10.1. The molecule has 0 spiro atoms. The lowest BCUT2D eigenvalue weighted by Crippen LogP contribution is -2.40. The molecular formula is C17H20BrN3O3. The Morgan fingerprint density at radius 2 is 2.25 bits per heavy atom. The van der Waals surface area contributed by atoms with Crippen molar-refractivity contribution in [2.45, 2.75) is 25.8 Å². The summed E-state index contributed by atoms with van der Waals surface area (Å²) in [5.41, 5.74) is 1.56. The van der Waals surface area contributed by atoms with Gasteiger partial charge in [-0.05, 0) is 38.0 Å². The van der Waals surface area contributed by atoms with Gasteiger partial charge in [-0.25, -0.2) is 4.79 Å². The van der Waals surface area contributed by atoms with E-state index in [-0.39, 0.29) is 18.0 Å². The first-order valence-corrected chi connectivity index (χ1v) is 8.83. The molecule has 2 aromatic rings. The van der Waals surface area contributed by atoms with E-state index >= 15 is 0 Å². The summed E-state index contributed by atoms with van der Waals surface area (Å²) in [6.07, 6.45) is 3.06. The fourth-order valence-corrected chi connectivity index (χ4v) is 3.25. The second kappa shape index (κ2) is 7.25. The van der Waals surface area contributed by atoms with E-state index in [1.54, 1.807) is 18.0 Å². The predicted molar refractivity (Wildman–Crippen MR) is 96.9 cm³/mol. The van der Waals surface area contributed by atoms with Gasteiger partial charge in [0.15, 0.2) is 5.88 Å². The van der Waals surface area contributed by atoms with Gasteiger partial charge in [-0.2, -0.15) is 0 Å². The SMILES string of the molecule is CCOC(=O)N1CCC(N=Cc2c(O)[nH]c3ccc(Br)cc23)CC1. The van der Waals surface area contributed by atoms with Crippen molar-refractivity contribution < 1.29 is 14.6 Å². The zero-order valence-corrected chi connectivity index (χ0v) is 15.0. The lowest BCUT2D eigenvalue weighted by molar-refractivity contribution is 0.0975. The number of nitrogens with zero attached hydrogens (tertiary/aromatic N) is 2. The topological polar surface area (TPSA) is 77.9 Å². The van der Waals surface area contributed by atoms with E-state index < -0.39 is 0 Å². The fraction of sp³-hybridized carbons (Fsp3) is 0.412. The smallest absolute Gasteiger partial charge is 0.409 e. The molecule has 1 aliphatic heterocycles. The van der Waals surface area contributed by atoms with Crippen LogP contribution < -0.4 is 0 Å². The van der Waals surface area contributed by atoms with Crippen molar-refractivity contribution in [3.63, 3.8) is 0 Å². The van der Waals surface area contributed by atoms with Crippen molar-refractivity contribution in [3.8, 4) is 5.88 Å². The number of ether oxygens (including phenoxy) is 1. The Morgan fingerprint density at radius 1 is 1.50 bits per heavy atom. The summed E-state index contributed by atoms with van der Waals surface area (Å²) in [7, 11) is 0. The van der Waals surface area contributed by atoms with Gasteiger partial charge in [0.05, 0.1) is 18.2 Å². The summed E-state index contributed by atoms with van der Waals surface area (Å²) in [5.74, 6) is 0.121. The zero-order valence-electron chi connectivity index (χ0n) is 13.5. The Balaban J connectivity index is 1.68. The van der Waals surface area contributed by atoms with Gasteiger partial charge < -0.3 is 19.7 Å². The van der Waals surface area contributed by atoms with Crippen LogP contribution in [0.1, 0.15) is 25.3 Å². The maximum atomic E-state index is 11.7. The Hall–Kier alpha value is -2.02. The highest BCUT2D eigenvalue weighted by Gasteiger charge is 2.23. The molecule has 0 radical (unpaired) electrons. The minimum Gasteiger partial charge on any atom is -0.494 e. The molecule has 7 heteroatoms. The lowest BCUT2D eigenvalue weighted by Gasteiger charge is -2.29. The first-order chi connectivity index (χ1) is 11.6. The minimum atomic E-state index is -0.251. The third-order valence-corrected chi connectivity index (χ3v) is 4.68. The summed E-state index contributed by atoms with van der Waals surface area (Å²) in [6, 6.07) is 5.93. The molecule has 1 aliphatic rings. The Morgan fingerprint density at radius 3 is 2.96 bits per heavy atom. The molecule has 1 aromatic heterocycles. The van der Waals surface area contributed by atoms with Crippen LogP contribution in [0.2, 0.25) is 0 Å². The largest absolute Gasteiger partial charge is 0.494 e. The number of amides is 1. The van der Waals surface area contributed by atoms with Gasteiger partial charge in [-0.3, -0.25) is 4.99 Å². The minimum absolute atomic E-state index is 0.121. The number of rotatable bonds is 3. The molecule has 1 amide bonds. The third kappa shape index (κ3) is 3.56. The third-order valence-electron chi connectivity index (χ3n) is 4.18. The highest BCUT2D eigenvalue weighted by atomic mass is 79.9. The number of aromatic nitrogens is 1. The number of aliphatic imine (C=N–C) groups is 1. The molecule has 2 heterocycles. The van der Waals surface area contributed by atoms with Gasteiger partial charge >= 0.3 is 6.09 Å². The van der Waals surface area contributed by atoms with Gasteiger partial charge in [0.25, 0.3) is 0 Å². The number of carbonyl (C=O) groups is 1. The number of hydrogen-bond donors (Lipinski definition) is 2. The first-order valence-electron chi connectivity index (χ1n) is 8.03. The second-order valence-electron chi connectivity index (χ2n) is 5.77. The molecule has 1 fully saturated rings. The molecule has 24 heavy (non-hydrogen) atoms. The van der Waals surface area contributed by atoms with Crippen molar-refractivity contribution in [2.75, 3.05) is 19.7 Å². The summed E-state index contributed by atoms with van der Waals surface area (Å²) in [5, 5.41) is 11.0. The number of likely N-dealkylation sites (tertiary alicyclic amines) is 1. The van der Waals surface area contributed by atoms with E-state index in [2.05, 4.69) is 25.9 Å². The number of benzene rings is 1. The number of aromatic hydroxyl groups is 1. The van der Waals surface area contributed by atoms with Crippen LogP contribution in [0.3, 0.4) is 0 Å². The van der Waals surface area contributed by atoms with E-state index in [1.807, 2.05) is 18.2 Å². The average molecular weight is 394 g/mol. The highest BCUT2D eigenvalue weighted by Crippen LogP contribution is 2.28. The Labute approximate surface area is 148 Å². The van der Waals surface area contributed by atoms with Crippen LogP contribution in [0.25, 0.3) is 10.9 Å². The molecule has 0 atom stereocenters. The molecule has 2 N–H and O–H groups in total. The van der Waals surface area contributed by atoms with Crippen molar-refractivity contribution in [2.24, 2.45) is 4.99 Å².